The molecule has 0 saturated carbocycles. The Labute approximate surface area is 130 Å². The number of likely N-dealkylation sites (N-methyl/N-ethyl adjacent to an activating group) is 1. The third-order valence-corrected chi connectivity index (χ3v) is 4.16. The van der Waals surface area contributed by atoms with Crippen molar-refractivity contribution >= 4 is 15.9 Å². The molecular weight excluding hydrogens is 322 g/mol. The zero-order valence-corrected chi connectivity index (χ0v) is 14.7. The summed E-state index contributed by atoms with van der Waals surface area (Å²) in [4.78, 5) is 0. The molecule has 0 fully saturated rings. The Balaban J connectivity index is 2.89. The van der Waals surface area contributed by atoms with E-state index in [2.05, 4.69) is 33.3 Å². The fourth-order valence-electron chi connectivity index (χ4n) is 2.25. The van der Waals surface area contributed by atoms with Crippen molar-refractivity contribution in [1.82, 2.24) is 15.1 Å². The first-order chi connectivity index (χ1) is 9.54. The zero-order valence-electron chi connectivity index (χ0n) is 13.1. The molecule has 0 saturated heterocycles. The van der Waals surface area contributed by atoms with Crippen LogP contribution in [0.5, 0.6) is 0 Å². The van der Waals surface area contributed by atoms with Crippen LogP contribution in [0.2, 0.25) is 0 Å². The zero-order chi connectivity index (χ0) is 15.1. The Morgan fingerprint density at radius 1 is 1.25 bits per heavy atom. The summed E-state index contributed by atoms with van der Waals surface area (Å²) in [6.07, 6.45) is 0.559. The van der Waals surface area contributed by atoms with Gasteiger partial charge in [-0.2, -0.15) is 5.10 Å². The minimum absolute atomic E-state index is 0.103. The van der Waals surface area contributed by atoms with Crippen LogP contribution in [0, 0.1) is 6.92 Å². The van der Waals surface area contributed by atoms with Gasteiger partial charge in [-0.1, -0.05) is 6.92 Å². The highest BCUT2D eigenvalue weighted by atomic mass is 79.9. The summed E-state index contributed by atoms with van der Waals surface area (Å²) < 4.78 is 14.4. The molecule has 1 unspecified atom stereocenters. The molecule has 1 aromatic heterocycles. The van der Waals surface area contributed by atoms with Crippen molar-refractivity contribution < 1.29 is 9.47 Å². The summed E-state index contributed by atoms with van der Waals surface area (Å²) >= 11 is 3.61. The van der Waals surface area contributed by atoms with Crippen LogP contribution in [0.25, 0.3) is 0 Å². The maximum absolute atomic E-state index is 5.73. The lowest BCUT2D eigenvalue weighted by Gasteiger charge is -2.27. The second kappa shape index (κ2) is 8.77. The molecule has 116 valence electrons. The summed E-state index contributed by atoms with van der Waals surface area (Å²) in [6, 6.07) is 0.103. The van der Waals surface area contributed by atoms with E-state index in [4.69, 9.17) is 9.47 Å². The summed E-state index contributed by atoms with van der Waals surface area (Å²) in [6.45, 7) is 10.2. The third kappa shape index (κ3) is 4.55. The van der Waals surface area contributed by atoms with Gasteiger partial charge >= 0.3 is 0 Å². The summed E-state index contributed by atoms with van der Waals surface area (Å²) in [5.41, 5.74) is 2.15. The van der Waals surface area contributed by atoms with Crippen LogP contribution in [0.3, 0.4) is 0 Å². The second-order valence-corrected chi connectivity index (χ2v) is 5.41. The first kappa shape index (κ1) is 17.6. The van der Waals surface area contributed by atoms with Crippen molar-refractivity contribution in [3.8, 4) is 0 Å². The monoisotopic (exact) mass is 347 g/mol. The summed E-state index contributed by atoms with van der Waals surface area (Å²) in [7, 11) is 1.96. The normalized spacial score (nSPS) is 13.2. The van der Waals surface area contributed by atoms with Crippen molar-refractivity contribution in [2.45, 2.75) is 46.4 Å². The molecule has 0 radical (unpaired) electrons. The molecule has 1 aromatic rings. The van der Waals surface area contributed by atoms with Crippen molar-refractivity contribution in [3.63, 3.8) is 0 Å². The molecule has 5 nitrogen and oxygen atoms in total. The largest absolute Gasteiger partial charge is 0.351 e. The van der Waals surface area contributed by atoms with Crippen LogP contribution in [-0.4, -0.2) is 41.9 Å². The number of ether oxygens (including phenoxy) is 2. The highest BCUT2D eigenvalue weighted by Crippen LogP contribution is 2.22. The van der Waals surface area contributed by atoms with Crippen molar-refractivity contribution in [2.24, 2.45) is 7.05 Å². The van der Waals surface area contributed by atoms with Crippen LogP contribution in [0.4, 0.5) is 0 Å². The Bertz CT molecular complexity index is 403. The van der Waals surface area contributed by atoms with Gasteiger partial charge in [0, 0.05) is 26.7 Å². The number of hydrogen-bond donors (Lipinski definition) is 1. The van der Waals surface area contributed by atoms with Gasteiger partial charge in [-0.3, -0.25) is 4.68 Å². The number of aryl methyl sites for hydroxylation is 2. The topological polar surface area (TPSA) is 48.3 Å². The Kier molecular flexibility index (Phi) is 7.72. The van der Waals surface area contributed by atoms with E-state index in [0.717, 1.165) is 28.8 Å². The number of rotatable bonds is 9. The summed E-state index contributed by atoms with van der Waals surface area (Å²) in [5.74, 6) is 0. The lowest BCUT2D eigenvalue weighted by molar-refractivity contribution is -0.153. The third-order valence-electron chi connectivity index (χ3n) is 3.13. The molecule has 6 heteroatoms. The molecule has 0 amide bonds. The molecule has 0 aromatic carbocycles. The van der Waals surface area contributed by atoms with E-state index >= 15 is 0 Å². The van der Waals surface area contributed by atoms with Gasteiger partial charge in [0.15, 0.2) is 6.29 Å². The standard InChI is InChI=1S/C14H26BrN3O2/c1-6-16-11(14(19-7-2)20-8-3)9-12-13(15)10(4)17-18(12)5/h11,14,16H,6-9H2,1-5H3. The SMILES string of the molecule is CCNC(Cc1c(Br)c(C)nn1C)C(OCC)OCC. The Morgan fingerprint density at radius 2 is 1.85 bits per heavy atom. The Hall–Kier alpha value is -0.430. The van der Waals surface area contributed by atoms with Gasteiger partial charge in [0.05, 0.1) is 21.9 Å². The smallest absolute Gasteiger partial charge is 0.173 e. The summed E-state index contributed by atoms with van der Waals surface area (Å²) in [5, 5.41) is 7.89. The second-order valence-electron chi connectivity index (χ2n) is 4.62. The van der Waals surface area contributed by atoms with E-state index in [1.165, 1.54) is 0 Å². The lowest BCUT2D eigenvalue weighted by Crippen LogP contribution is -2.45. The molecule has 1 heterocycles. The number of nitrogens with zero attached hydrogens (tertiary/aromatic N) is 2. The maximum Gasteiger partial charge on any atom is 0.173 e. The molecule has 0 aliphatic rings. The van der Waals surface area contributed by atoms with Gasteiger partial charge in [-0.25, -0.2) is 0 Å². The predicted octanol–water partition coefficient (Wildman–Crippen LogP) is 2.41. The quantitative estimate of drug-likeness (QED) is 0.697. The highest BCUT2D eigenvalue weighted by molar-refractivity contribution is 9.10. The van der Waals surface area contributed by atoms with E-state index in [1.807, 2.05) is 32.5 Å². The fraction of sp³-hybridized carbons (Fsp3) is 0.786. The number of halogens is 1. The first-order valence-corrected chi connectivity index (χ1v) is 7.98. The average Bonchev–Trinajstić information content (AvgIpc) is 2.64. The predicted molar refractivity (Wildman–Crippen MR) is 83.9 cm³/mol. The van der Waals surface area contributed by atoms with Gasteiger partial charge in [-0.15, -0.1) is 0 Å². The van der Waals surface area contributed by atoms with Gasteiger partial charge in [-0.05, 0) is 43.2 Å². The van der Waals surface area contributed by atoms with Crippen LogP contribution in [-0.2, 0) is 22.9 Å². The molecule has 0 aliphatic carbocycles. The van der Waals surface area contributed by atoms with Gasteiger partial charge in [0.25, 0.3) is 0 Å². The number of nitrogens with one attached hydrogen (secondary N) is 1. The number of hydrogen-bond acceptors (Lipinski definition) is 4. The van der Waals surface area contributed by atoms with Crippen LogP contribution >= 0.6 is 15.9 Å². The first-order valence-electron chi connectivity index (χ1n) is 7.19. The van der Waals surface area contributed by atoms with Gasteiger partial charge < -0.3 is 14.8 Å². The molecule has 0 spiro atoms. The minimum Gasteiger partial charge on any atom is -0.351 e. The molecule has 1 rings (SSSR count). The fourth-order valence-corrected chi connectivity index (χ4v) is 2.74. The minimum atomic E-state index is -0.243. The molecular formula is C14H26BrN3O2. The van der Waals surface area contributed by atoms with Crippen molar-refractivity contribution in [1.29, 1.82) is 0 Å². The lowest BCUT2D eigenvalue weighted by atomic mass is 10.1. The average molecular weight is 348 g/mol. The molecule has 1 N–H and O–H groups in total. The maximum atomic E-state index is 5.73. The van der Waals surface area contributed by atoms with Gasteiger partial charge in [0.1, 0.15) is 0 Å². The van der Waals surface area contributed by atoms with E-state index in [9.17, 15) is 0 Å². The molecule has 20 heavy (non-hydrogen) atoms. The van der Waals surface area contributed by atoms with Crippen molar-refractivity contribution in [3.05, 3.63) is 15.9 Å². The highest BCUT2D eigenvalue weighted by Gasteiger charge is 2.25. The van der Waals surface area contributed by atoms with E-state index in [1.54, 1.807) is 0 Å². The van der Waals surface area contributed by atoms with E-state index in [-0.39, 0.29) is 12.3 Å². The molecule has 0 aliphatic heterocycles. The van der Waals surface area contributed by atoms with E-state index in [0.29, 0.717) is 13.2 Å². The molecule has 1 atom stereocenters. The van der Waals surface area contributed by atoms with Crippen molar-refractivity contribution in [2.75, 3.05) is 19.8 Å². The number of aromatic nitrogens is 2. The van der Waals surface area contributed by atoms with Gasteiger partial charge in [0.2, 0.25) is 0 Å². The van der Waals surface area contributed by atoms with Crippen LogP contribution in [0.15, 0.2) is 4.47 Å². The van der Waals surface area contributed by atoms with Crippen LogP contribution in [0.1, 0.15) is 32.2 Å². The Morgan fingerprint density at radius 3 is 2.25 bits per heavy atom. The van der Waals surface area contributed by atoms with Crippen LogP contribution < -0.4 is 5.32 Å². The van der Waals surface area contributed by atoms with E-state index < -0.39 is 0 Å². The molecule has 0 bridgehead atoms.